The standard InChI is InChI=1S/C25H44N4O3/c1-5-26-25(29-15-13-23(14-16-29)31-19-10-18-30-4)27-21-22-11-8-9-12-24(22)32-20-17-28(6-2)7-3/h8-9,11-12,23H,5-7,10,13-21H2,1-4H3,(H,26,27). The van der Waals surface area contributed by atoms with Crippen LogP contribution in [0, 0.1) is 0 Å². The van der Waals surface area contributed by atoms with Crippen molar-refractivity contribution >= 4 is 5.96 Å². The highest BCUT2D eigenvalue weighted by molar-refractivity contribution is 5.80. The summed E-state index contributed by atoms with van der Waals surface area (Å²) in [6.07, 6.45) is 3.35. The van der Waals surface area contributed by atoms with Crippen LogP contribution < -0.4 is 10.1 Å². The number of likely N-dealkylation sites (N-methyl/N-ethyl adjacent to an activating group) is 1. The van der Waals surface area contributed by atoms with Crippen molar-refractivity contribution in [3.05, 3.63) is 29.8 Å². The highest BCUT2D eigenvalue weighted by Crippen LogP contribution is 2.20. The Morgan fingerprint density at radius 2 is 1.84 bits per heavy atom. The van der Waals surface area contributed by atoms with E-state index in [2.05, 4.69) is 48.0 Å². The number of ether oxygens (including phenoxy) is 3. The van der Waals surface area contributed by atoms with Crippen molar-refractivity contribution in [2.75, 3.05) is 66.2 Å². The fourth-order valence-corrected chi connectivity index (χ4v) is 3.87. The number of benzene rings is 1. The molecular formula is C25H44N4O3. The molecule has 1 aliphatic rings. The van der Waals surface area contributed by atoms with Gasteiger partial charge in [0.05, 0.1) is 12.6 Å². The summed E-state index contributed by atoms with van der Waals surface area (Å²) in [6.45, 7) is 15.1. The van der Waals surface area contributed by atoms with E-state index in [9.17, 15) is 0 Å². The number of nitrogens with zero attached hydrogens (tertiary/aromatic N) is 3. The second-order valence-corrected chi connectivity index (χ2v) is 8.06. The SMILES string of the molecule is CCNC(=NCc1ccccc1OCCN(CC)CC)N1CCC(OCCCOC)CC1. The lowest BCUT2D eigenvalue weighted by Gasteiger charge is -2.34. The predicted molar refractivity (Wildman–Crippen MR) is 132 cm³/mol. The van der Waals surface area contributed by atoms with E-state index in [1.807, 2.05) is 12.1 Å². The van der Waals surface area contributed by atoms with Crippen LogP contribution in [0.15, 0.2) is 29.3 Å². The average molecular weight is 449 g/mol. The van der Waals surface area contributed by atoms with E-state index in [1.165, 1.54) is 0 Å². The molecule has 0 amide bonds. The van der Waals surface area contributed by atoms with E-state index in [0.717, 1.165) is 89.0 Å². The molecule has 0 atom stereocenters. The van der Waals surface area contributed by atoms with Crippen LogP contribution >= 0.6 is 0 Å². The Morgan fingerprint density at radius 1 is 1.09 bits per heavy atom. The smallest absolute Gasteiger partial charge is 0.194 e. The van der Waals surface area contributed by atoms with Gasteiger partial charge in [0.1, 0.15) is 12.4 Å². The molecule has 1 fully saturated rings. The van der Waals surface area contributed by atoms with Crippen LogP contribution in [0.1, 0.15) is 45.6 Å². The van der Waals surface area contributed by atoms with Crippen LogP contribution in [0.5, 0.6) is 5.75 Å². The van der Waals surface area contributed by atoms with Crippen molar-refractivity contribution in [2.45, 2.75) is 52.7 Å². The topological polar surface area (TPSA) is 58.6 Å². The van der Waals surface area contributed by atoms with Gasteiger partial charge in [-0.05, 0) is 45.3 Å². The van der Waals surface area contributed by atoms with Crippen molar-refractivity contribution in [3.63, 3.8) is 0 Å². The zero-order valence-electron chi connectivity index (χ0n) is 20.6. The number of methoxy groups -OCH3 is 1. The third-order valence-electron chi connectivity index (χ3n) is 5.85. The number of piperidine rings is 1. The van der Waals surface area contributed by atoms with Crippen LogP contribution in [0.4, 0.5) is 0 Å². The van der Waals surface area contributed by atoms with Crippen LogP contribution in [0.25, 0.3) is 0 Å². The van der Waals surface area contributed by atoms with Gasteiger partial charge in [0.15, 0.2) is 5.96 Å². The average Bonchev–Trinajstić information content (AvgIpc) is 2.83. The molecule has 0 saturated carbocycles. The van der Waals surface area contributed by atoms with E-state index in [1.54, 1.807) is 7.11 Å². The minimum absolute atomic E-state index is 0.339. The summed E-state index contributed by atoms with van der Waals surface area (Å²) >= 11 is 0. The lowest BCUT2D eigenvalue weighted by atomic mass is 10.1. The summed E-state index contributed by atoms with van der Waals surface area (Å²) in [5.74, 6) is 1.91. The molecule has 7 nitrogen and oxygen atoms in total. The van der Waals surface area contributed by atoms with Gasteiger partial charge in [0.2, 0.25) is 0 Å². The van der Waals surface area contributed by atoms with E-state index in [-0.39, 0.29) is 0 Å². The van der Waals surface area contributed by atoms with Crippen molar-refractivity contribution in [3.8, 4) is 5.75 Å². The maximum atomic E-state index is 6.11. The van der Waals surface area contributed by atoms with Crippen molar-refractivity contribution in [2.24, 2.45) is 4.99 Å². The van der Waals surface area contributed by atoms with Gasteiger partial charge in [-0.25, -0.2) is 4.99 Å². The maximum absolute atomic E-state index is 6.11. The fraction of sp³-hybridized carbons (Fsp3) is 0.720. The van der Waals surface area contributed by atoms with E-state index in [0.29, 0.717) is 19.3 Å². The molecule has 1 aromatic rings. The Morgan fingerprint density at radius 3 is 2.53 bits per heavy atom. The lowest BCUT2D eigenvalue weighted by molar-refractivity contribution is 0.00990. The summed E-state index contributed by atoms with van der Waals surface area (Å²) in [5.41, 5.74) is 1.12. The van der Waals surface area contributed by atoms with Gasteiger partial charge in [-0.15, -0.1) is 0 Å². The molecule has 182 valence electrons. The Kier molecular flexibility index (Phi) is 13.1. The predicted octanol–water partition coefficient (Wildman–Crippen LogP) is 3.39. The van der Waals surface area contributed by atoms with Gasteiger partial charge in [-0.2, -0.15) is 0 Å². The molecule has 0 bridgehead atoms. The highest BCUT2D eigenvalue weighted by Gasteiger charge is 2.22. The molecule has 2 rings (SSSR count). The Labute approximate surface area is 195 Å². The molecule has 0 unspecified atom stereocenters. The van der Waals surface area contributed by atoms with Crippen LogP contribution in [-0.2, 0) is 16.0 Å². The minimum Gasteiger partial charge on any atom is -0.492 e. The van der Waals surface area contributed by atoms with Crippen molar-refractivity contribution in [1.29, 1.82) is 0 Å². The summed E-state index contributed by atoms with van der Waals surface area (Å²) in [5, 5.41) is 3.46. The van der Waals surface area contributed by atoms with Crippen molar-refractivity contribution < 1.29 is 14.2 Å². The molecule has 0 aromatic heterocycles. The quantitative estimate of drug-likeness (QED) is 0.267. The van der Waals surface area contributed by atoms with E-state index in [4.69, 9.17) is 19.2 Å². The number of guanidine groups is 1. The Balaban J connectivity index is 1.89. The van der Waals surface area contributed by atoms with Gasteiger partial charge >= 0.3 is 0 Å². The number of nitrogens with one attached hydrogen (secondary N) is 1. The second kappa shape index (κ2) is 15.9. The minimum atomic E-state index is 0.339. The first kappa shape index (κ1) is 26.4. The molecular weight excluding hydrogens is 404 g/mol. The number of aliphatic imine (C=N–C) groups is 1. The largest absolute Gasteiger partial charge is 0.492 e. The number of likely N-dealkylation sites (tertiary alicyclic amines) is 1. The second-order valence-electron chi connectivity index (χ2n) is 8.06. The summed E-state index contributed by atoms with van der Waals surface area (Å²) < 4.78 is 17.2. The summed E-state index contributed by atoms with van der Waals surface area (Å²) in [4.78, 5) is 9.66. The third-order valence-corrected chi connectivity index (χ3v) is 5.85. The number of rotatable bonds is 14. The molecule has 1 N–H and O–H groups in total. The molecule has 32 heavy (non-hydrogen) atoms. The number of hydrogen-bond donors (Lipinski definition) is 1. The fourth-order valence-electron chi connectivity index (χ4n) is 3.87. The van der Waals surface area contributed by atoms with Gasteiger partial charge in [-0.1, -0.05) is 32.0 Å². The maximum Gasteiger partial charge on any atom is 0.194 e. The Bertz CT molecular complexity index is 644. The molecule has 1 heterocycles. The Hall–Kier alpha value is -1.83. The highest BCUT2D eigenvalue weighted by atomic mass is 16.5. The molecule has 0 radical (unpaired) electrons. The third kappa shape index (κ3) is 9.35. The van der Waals surface area contributed by atoms with E-state index < -0.39 is 0 Å². The van der Waals surface area contributed by atoms with Crippen LogP contribution in [0.3, 0.4) is 0 Å². The molecule has 0 aliphatic carbocycles. The first-order valence-corrected chi connectivity index (χ1v) is 12.3. The molecule has 1 aromatic carbocycles. The molecule has 0 spiro atoms. The first-order chi connectivity index (χ1) is 15.7. The number of hydrogen-bond acceptors (Lipinski definition) is 5. The van der Waals surface area contributed by atoms with Gasteiger partial charge in [-0.3, -0.25) is 0 Å². The summed E-state index contributed by atoms with van der Waals surface area (Å²) in [7, 11) is 1.73. The van der Waals surface area contributed by atoms with Gasteiger partial charge < -0.3 is 29.3 Å². The first-order valence-electron chi connectivity index (χ1n) is 12.3. The lowest BCUT2D eigenvalue weighted by Crippen LogP contribution is -2.47. The molecule has 7 heteroatoms. The van der Waals surface area contributed by atoms with Crippen molar-refractivity contribution in [1.82, 2.24) is 15.1 Å². The molecule has 1 saturated heterocycles. The molecule has 1 aliphatic heterocycles. The van der Waals surface area contributed by atoms with Gasteiger partial charge in [0.25, 0.3) is 0 Å². The zero-order valence-corrected chi connectivity index (χ0v) is 20.6. The van der Waals surface area contributed by atoms with E-state index >= 15 is 0 Å². The van der Waals surface area contributed by atoms with Gasteiger partial charge in [0, 0.05) is 52.1 Å². The zero-order chi connectivity index (χ0) is 23.0. The van der Waals surface area contributed by atoms with Crippen LogP contribution in [0.2, 0.25) is 0 Å². The summed E-state index contributed by atoms with van der Waals surface area (Å²) in [6, 6.07) is 8.25. The van der Waals surface area contributed by atoms with Crippen LogP contribution in [-0.4, -0.2) is 88.1 Å². The number of para-hydroxylation sites is 1. The monoisotopic (exact) mass is 448 g/mol. The normalized spacial score (nSPS) is 15.4.